The number of carbonyl (C=O) groups is 1. The fraction of sp³-hybridized carbons (Fsp3) is 0.522. The molecule has 2 aromatic rings. The number of hydrogen-bond donors (Lipinski definition) is 1. The van der Waals surface area contributed by atoms with E-state index in [9.17, 15) is 9.59 Å². The highest BCUT2D eigenvalue weighted by Crippen LogP contribution is 2.29. The molecule has 2 heterocycles. The van der Waals surface area contributed by atoms with Gasteiger partial charge in [0.15, 0.2) is 0 Å². The molecule has 1 aliphatic carbocycles. The van der Waals surface area contributed by atoms with Gasteiger partial charge in [-0.25, -0.2) is 4.79 Å². The smallest absolute Gasteiger partial charge is 0.348 e. The maximum Gasteiger partial charge on any atom is 0.348 e. The van der Waals surface area contributed by atoms with E-state index in [0.29, 0.717) is 6.54 Å². The van der Waals surface area contributed by atoms with Gasteiger partial charge in [-0.2, -0.15) is 4.98 Å². The molecule has 1 N–H and O–H groups in total. The van der Waals surface area contributed by atoms with Gasteiger partial charge < -0.3 is 10.1 Å². The number of anilines is 1. The molecule has 0 spiro atoms. The largest absolute Gasteiger partial charge is 0.376 e. The predicted octanol–water partition coefficient (Wildman–Crippen LogP) is 3.59. The summed E-state index contributed by atoms with van der Waals surface area (Å²) >= 11 is 1.37. The Kier molecular flexibility index (Phi) is 6.89. The molecule has 160 valence electrons. The van der Waals surface area contributed by atoms with Crippen LogP contribution in [0.4, 0.5) is 5.69 Å². The molecule has 1 unspecified atom stereocenters. The predicted molar refractivity (Wildman–Crippen MR) is 119 cm³/mol. The number of nitrogens with one attached hydrogen (secondary N) is 1. The van der Waals surface area contributed by atoms with Crippen molar-refractivity contribution in [3.05, 3.63) is 51.6 Å². The van der Waals surface area contributed by atoms with Crippen molar-refractivity contribution in [3.8, 4) is 0 Å². The van der Waals surface area contributed by atoms with Gasteiger partial charge in [0.05, 0.1) is 18.4 Å². The first-order valence-electron chi connectivity index (χ1n) is 10.9. The third kappa shape index (κ3) is 4.95. The minimum absolute atomic E-state index is 0.0841. The fourth-order valence-corrected chi connectivity index (χ4v) is 5.08. The average molecular weight is 428 g/mol. The topological polar surface area (TPSA) is 73.2 Å². The summed E-state index contributed by atoms with van der Waals surface area (Å²) in [5.41, 5.74) is 4.05. The molecule has 1 aromatic carbocycles. The van der Waals surface area contributed by atoms with Crippen molar-refractivity contribution in [2.45, 2.75) is 69.5 Å². The van der Waals surface area contributed by atoms with E-state index in [1.54, 1.807) is 0 Å². The van der Waals surface area contributed by atoms with Crippen LogP contribution in [0, 0.1) is 0 Å². The number of rotatable bonds is 7. The molecule has 7 heteroatoms. The van der Waals surface area contributed by atoms with E-state index in [0.717, 1.165) is 73.5 Å². The van der Waals surface area contributed by atoms with Crippen LogP contribution in [0.2, 0.25) is 0 Å². The van der Waals surface area contributed by atoms with Gasteiger partial charge in [-0.05, 0) is 62.6 Å². The minimum atomic E-state index is -0.218. The van der Waals surface area contributed by atoms with E-state index >= 15 is 0 Å². The second kappa shape index (κ2) is 9.79. The Hall–Kier alpha value is -2.12. The number of nitrogens with zero attached hydrogens (tertiary/aromatic N) is 2. The lowest BCUT2D eigenvalue weighted by Gasteiger charge is -2.24. The van der Waals surface area contributed by atoms with Crippen LogP contribution in [0.15, 0.2) is 34.1 Å². The summed E-state index contributed by atoms with van der Waals surface area (Å²) in [4.78, 5) is 29.6. The van der Waals surface area contributed by atoms with Crippen molar-refractivity contribution in [2.24, 2.45) is 0 Å². The Bertz CT molecular complexity index is 949. The van der Waals surface area contributed by atoms with Gasteiger partial charge in [0.2, 0.25) is 5.91 Å². The summed E-state index contributed by atoms with van der Waals surface area (Å²) < 4.78 is 7.56. The zero-order valence-corrected chi connectivity index (χ0v) is 18.3. The van der Waals surface area contributed by atoms with Gasteiger partial charge in [-0.3, -0.25) is 9.36 Å². The van der Waals surface area contributed by atoms with E-state index in [1.807, 2.05) is 28.8 Å². The lowest BCUT2D eigenvalue weighted by atomic mass is 9.97. The van der Waals surface area contributed by atoms with Gasteiger partial charge in [-0.1, -0.05) is 30.8 Å². The Morgan fingerprint density at radius 2 is 2.03 bits per heavy atom. The third-order valence-corrected chi connectivity index (χ3v) is 6.86. The summed E-state index contributed by atoms with van der Waals surface area (Å²) in [5, 5.41) is 3.65. The van der Waals surface area contributed by atoms with Gasteiger partial charge in [0.25, 0.3) is 0 Å². The standard InChI is InChI=1S/C23H29N3O3S/c1-2-16-9-11-17(12-10-16)24-21(27)15-30-22-19-7-3-4-8-20(19)26(23(28)25-22)14-18-6-5-13-29-18/h9-12,18H,2-8,13-15H2,1H3,(H,24,27). The van der Waals surface area contributed by atoms with E-state index in [1.165, 1.54) is 17.3 Å². The second-order valence-electron chi connectivity index (χ2n) is 7.96. The molecule has 0 saturated carbocycles. The molecule has 1 atom stereocenters. The zero-order valence-electron chi connectivity index (χ0n) is 17.5. The number of fused-ring (bicyclic) bond motifs is 1. The Labute approximate surface area is 181 Å². The van der Waals surface area contributed by atoms with Crippen molar-refractivity contribution in [1.82, 2.24) is 9.55 Å². The monoisotopic (exact) mass is 427 g/mol. The number of hydrogen-bond acceptors (Lipinski definition) is 5. The minimum Gasteiger partial charge on any atom is -0.376 e. The Morgan fingerprint density at radius 3 is 2.77 bits per heavy atom. The lowest BCUT2D eigenvalue weighted by Crippen LogP contribution is -2.34. The molecule has 2 aliphatic rings. The van der Waals surface area contributed by atoms with Crippen LogP contribution < -0.4 is 11.0 Å². The number of aromatic nitrogens is 2. The SMILES string of the molecule is CCc1ccc(NC(=O)CSc2nc(=O)n(CC3CCCO3)c3c2CCCC3)cc1. The fourth-order valence-electron chi connectivity index (χ4n) is 4.20. The van der Waals surface area contributed by atoms with Crippen LogP contribution in [0.3, 0.4) is 0 Å². The van der Waals surface area contributed by atoms with Gasteiger partial charge >= 0.3 is 5.69 Å². The maximum atomic E-state index is 12.8. The number of amides is 1. The zero-order chi connectivity index (χ0) is 20.9. The van der Waals surface area contributed by atoms with Crippen LogP contribution in [-0.2, 0) is 35.3 Å². The third-order valence-electron chi connectivity index (χ3n) is 5.85. The van der Waals surface area contributed by atoms with Crippen molar-refractivity contribution in [3.63, 3.8) is 0 Å². The Balaban J connectivity index is 1.46. The maximum absolute atomic E-state index is 12.8. The normalized spacial score (nSPS) is 18.2. The van der Waals surface area contributed by atoms with Gasteiger partial charge in [-0.15, -0.1) is 0 Å². The highest BCUT2D eigenvalue weighted by molar-refractivity contribution is 8.00. The first kappa shape index (κ1) is 21.1. The number of benzene rings is 1. The summed E-state index contributed by atoms with van der Waals surface area (Å²) in [5.74, 6) is 0.156. The van der Waals surface area contributed by atoms with Crippen molar-refractivity contribution in [1.29, 1.82) is 0 Å². The summed E-state index contributed by atoms with van der Waals surface area (Å²) in [6.07, 6.45) is 7.12. The average Bonchev–Trinajstić information content (AvgIpc) is 3.28. The number of aryl methyl sites for hydroxylation is 1. The van der Waals surface area contributed by atoms with Crippen molar-refractivity contribution in [2.75, 3.05) is 17.7 Å². The van der Waals surface area contributed by atoms with Crippen LogP contribution >= 0.6 is 11.8 Å². The molecule has 0 radical (unpaired) electrons. The van der Waals surface area contributed by atoms with E-state index in [4.69, 9.17) is 4.74 Å². The molecule has 0 bridgehead atoms. The summed E-state index contributed by atoms with van der Waals surface area (Å²) in [6.45, 7) is 3.47. The van der Waals surface area contributed by atoms with Crippen molar-refractivity contribution < 1.29 is 9.53 Å². The van der Waals surface area contributed by atoms with Crippen molar-refractivity contribution >= 4 is 23.4 Å². The highest BCUT2D eigenvalue weighted by Gasteiger charge is 2.24. The van der Waals surface area contributed by atoms with Crippen LogP contribution in [0.1, 0.15) is 49.4 Å². The molecule has 30 heavy (non-hydrogen) atoms. The molecular formula is C23H29N3O3S. The molecular weight excluding hydrogens is 398 g/mol. The molecule has 6 nitrogen and oxygen atoms in total. The van der Waals surface area contributed by atoms with Crippen LogP contribution in [0.5, 0.6) is 0 Å². The van der Waals surface area contributed by atoms with Gasteiger partial charge in [0.1, 0.15) is 5.03 Å². The quantitative estimate of drug-likeness (QED) is 0.540. The molecule has 1 fully saturated rings. The first-order valence-corrected chi connectivity index (χ1v) is 11.9. The Morgan fingerprint density at radius 1 is 1.23 bits per heavy atom. The second-order valence-corrected chi connectivity index (χ2v) is 8.93. The van der Waals surface area contributed by atoms with Crippen LogP contribution in [-0.4, -0.2) is 33.9 Å². The number of carbonyl (C=O) groups excluding carboxylic acids is 1. The lowest BCUT2D eigenvalue weighted by molar-refractivity contribution is -0.113. The van der Waals surface area contributed by atoms with Gasteiger partial charge in [0, 0.05) is 23.6 Å². The molecule has 1 aliphatic heterocycles. The van der Waals surface area contributed by atoms with E-state index in [2.05, 4.69) is 17.2 Å². The molecule has 4 rings (SSSR count). The molecule has 1 aromatic heterocycles. The van der Waals surface area contributed by atoms with E-state index in [-0.39, 0.29) is 23.5 Å². The number of thioether (sulfide) groups is 1. The number of ether oxygens (including phenoxy) is 1. The summed E-state index contributed by atoms with van der Waals surface area (Å²) in [7, 11) is 0. The molecule has 1 amide bonds. The molecule has 1 saturated heterocycles. The summed E-state index contributed by atoms with van der Waals surface area (Å²) in [6, 6.07) is 7.89. The first-order chi connectivity index (χ1) is 14.6. The highest BCUT2D eigenvalue weighted by atomic mass is 32.2. The van der Waals surface area contributed by atoms with E-state index < -0.39 is 0 Å². The van der Waals surface area contributed by atoms with Crippen LogP contribution in [0.25, 0.3) is 0 Å².